The summed E-state index contributed by atoms with van der Waals surface area (Å²) in [7, 11) is 0. The van der Waals surface area contributed by atoms with Gasteiger partial charge < -0.3 is 10.1 Å². The van der Waals surface area contributed by atoms with Crippen LogP contribution < -0.4 is 15.6 Å². The molecular formula is C22H22ClN3O3. The fourth-order valence-corrected chi connectivity index (χ4v) is 2.96. The van der Waals surface area contributed by atoms with Crippen LogP contribution in [0.3, 0.4) is 0 Å². The number of carbonyl (C=O) groups excluding carboxylic acids is 1. The largest absolute Gasteiger partial charge is 0.492 e. The Morgan fingerprint density at radius 3 is 2.62 bits per heavy atom. The molecule has 1 aromatic heterocycles. The standard InChI is InChI=1S/C22H22ClN3O3/c1-2-29-20-7-4-3-6-19(20)24-21(27)8-5-15-26-22(28)14-13-18(25-26)16-9-11-17(23)12-10-16/h3-4,6-7,9-14H,2,5,8,15H2,1H3,(H,24,27). The van der Waals surface area contributed by atoms with Crippen molar-refractivity contribution in [1.29, 1.82) is 0 Å². The summed E-state index contributed by atoms with van der Waals surface area (Å²) < 4.78 is 6.89. The molecule has 0 bridgehead atoms. The van der Waals surface area contributed by atoms with Crippen molar-refractivity contribution in [2.24, 2.45) is 0 Å². The predicted octanol–water partition coefficient (Wildman–Crippen LogP) is 4.38. The topological polar surface area (TPSA) is 73.2 Å². The van der Waals surface area contributed by atoms with E-state index in [1.165, 1.54) is 10.7 Å². The number of para-hydroxylation sites is 2. The summed E-state index contributed by atoms with van der Waals surface area (Å²) in [5.41, 5.74) is 1.98. The van der Waals surface area contributed by atoms with Gasteiger partial charge in [-0.1, -0.05) is 35.9 Å². The first-order chi connectivity index (χ1) is 14.1. The van der Waals surface area contributed by atoms with Gasteiger partial charge in [0.2, 0.25) is 5.91 Å². The van der Waals surface area contributed by atoms with Gasteiger partial charge in [0.1, 0.15) is 5.75 Å². The second kappa shape index (κ2) is 9.89. The number of aromatic nitrogens is 2. The minimum atomic E-state index is -0.204. The quantitative estimate of drug-likeness (QED) is 0.597. The van der Waals surface area contributed by atoms with Gasteiger partial charge in [-0.2, -0.15) is 5.10 Å². The molecule has 0 fully saturated rings. The Balaban J connectivity index is 1.60. The molecule has 0 unspecified atom stereocenters. The van der Waals surface area contributed by atoms with E-state index in [2.05, 4.69) is 10.4 Å². The normalized spacial score (nSPS) is 10.6. The molecule has 150 valence electrons. The lowest BCUT2D eigenvalue weighted by molar-refractivity contribution is -0.116. The number of amides is 1. The summed E-state index contributed by atoms with van der Waals surface area (Å²) in [5, 5.41) is 7.89. The molecule has 0 radical (unpaired) electrons. The van der Waals surface area contributed by atoms with Gasteiger partial charge >= 0.3 is 0 Å². The third-order valence-corrected chi connectivity index (χ3v) is 4.49. The summed E-state index contributed by atoms with van der Waals surface area (Å²) in [6.45, 7) is 2.76. The van der Waals surface area contributed by atoms with E-state index in [0.29, 0.717) is 41.7 Å². The second-order valence-corrected chi connectivity index (χ2v) is 6.80. The first-order valence-corrected chi connectivity index (χ1v) is 9.80. The lowest BCUT2D eigenvalue weighted by Gasteiger charge is -2.11. The molecule has 1 N–H and O–H groups in total. The number of hydrogen-bond donors (Lipinski definition) is 1. The van der Waals surface area contributed by atoms with Crippen molar-refractivity contribution in [3.63, 3.8) is 0 Å². The summed E-state index contributed by atoms with van der Waals surface area (Å²) >= 11 is 5.92. The van der Waals surface area contributed by atoms with Crippen LogP contribution in [0.4, 0.5) is 5.69 Å². The van der Waals surface area contributed by atoms with Gasteiger partial charge in [0.05, 0.1) is 18.0 Å². The van der Waals surface area contributed by atoms with Crippen molar-refractivity contribution in [2.75, 3.05) is 11.9 Å². The van der Waals surface area contributed by atoms with Crippen LogP contribution >= 0.6 is 11.6 Å². The molecule has 1 amide bonds. The smallest absolute Gasteiger partial charge is 0.266 e. The molecule has 0 saturated heterocycles. The highest BCUT2D eigenvalue weighted by atomic mass is 35.5. The summed E-state index contributed by atoms with van der Waals surface area (Å²) in [6, 6.07) is 17.7. The van der Waals surface area contributed by atoms with Crippen molar-refractivity contribution < 1.29 is 9.53 Å². The average Bonchev–Trinajstić information content (AvgIpc) is 2.72. The Morgan fingerprint density at radius 2 is 1.86 bits per heavy atom. The second-order valence-electron chi connectivity index (χ2n) is 6.37. The van der Waals surface area contributed by atoms with Crippen molar-refractivity contribution in [1.82, 2.24) is 9.78 Å². The zero-order valence-corrected chi connectivity index (χ0v) is 16.9. The third-order valence-electron chi connectivity index (χ3n) is 4.24. The van der Waals surface area contributed by atoms with Gasteiger partial charge in [0, 0.05) is 29.6 Å². The highest BCUT2D eigenvalue weighted by Crippen LogP contribution is 2.24. The Morgan fingerprint density at radius 1 is 1.10 bits per heavy atom. The summed E-state index contributed by atoms with van der Waals surface area (Å²) in [4.78, 5) is 24.4. The highest BCUT2D eigenvalue weighted by molar-refractivity contribution is 6.30. The van der Waals surface area contributed by atoms with Crippen LogP contribution in [0, 0.1) is 0 Å². The fraction of sp³-hybridized carbons (Fsp3) is 0.227. The number of halogens is 1. The molecule has 0 saturated carbocycles. The fourth-order valence-electron chi connectivity index (χ4n) is 2.84. The molecule has 2 aromatic carbocycles. The lowest BCUT2D eigenvalue weighted by Crippen LogP contribution is -2.23. The van der Waals surface area contributed by atoms with E-state index in [0.717, 1.165) is 5.56 Å². The van der Waals surface area contributed by atoms with Crippen molar-refractivity contribution in [2.45, 2.75) is 26.3 Å². The van der Waals surface area contributed by atoms with E-state index in [1.807, 2.05) is 37.3 Å². The first kappa shape index (κ1) is 20.6. The van der Waals surface area contributed by atoms with E-state index < -0.39 is 0 Å². The summed E-state index contributed by atoms with van der Waals surface area (Å²) in [6.07, 6.45) is 0.749. The van der Waals surface area contributed by atoms with E-state index >= 15 is 0 Å². The number of rotatable bonds is 8. The number of aryl methyl sites for hydroxylation is 1. The highest BCUT2D eigenvalue weighted by Gasteiger charge is 2.09. The Bertz CT molecular complexity index is 1030. The monoisotopic (exact) mass is 411 g/mol. The molecule has 3 aromatic rings. The zero-order valence-electron chi connectivity index (χ0n) is 16.1. The molecule has 29 heavy (non-hydrogen) atoms. The Labute approximate surface area is 174 Å². The van der Waals surface area contributed by atoms with Crippen molar-refractivity contribution >= 4 is 23.2 Å². The van der Waals surface area contributed by atoms with Gasteiger partial charge in [-0.25, -0.2) is 4.68 Å². The van der Waals surface area contributed by atoms with Crippen molar-refractivity contribution in [3.05, 3.63) is 76.0 Å². The molecule has 0 spiro atoms. The van der Waals surface area contributed by atoms with E-state index in [1.54, 1.807) is 24.3 Å². The van der Waals surface area contributed by atoms with E-state index in [4.69, 9.17) is 16.3 Å². The minimum Gasteiger partial charge on any atom is -0.492 e. The average molecular weight is 412 g/mol. The minimum absolute atomic E-state index is 0.140. The maximum atomic E-state index is 12.3. The number of hydrogen-bond acceptors (Lipinski definition) is 4. The van der Waals surface area contributed by atoms with Crippen LogP contribution in [0.15, 0.2) is 65.5 Å². The number of anilines is 1. The van der Waals surface area contributed by atoms with E-state index in [-0.39, 0.29) is 17.9 Å². The van der Waals surface area contributed by atoms with Crippen LogP contribution in [0.25, 0.3) is 11.3 Å². The van der Waals surface area contributed by atoms with Crippen LogP contribution in [-0.4, -0.2) is 22.3 Å². The van der Waals surface area contributed by atoms with Gasteiger partial charge in [0.25, 0.3) is 5.56 Å². The molecule has 0 aliphatic heterocycles. The maximum absolute atomic E-state index is 12.3. The molecule has 0 aliphatic rings. The number of ether oxygens (including phenoxy) is 1. The third kappa shape index (κ3) is 5.68. The van der Waals surface area contributed by atoms with Gasteiger partial charge in [-0.05, 0) is 43.7 Å². The molecule has 7 heteroatoms. The molecule has 1 heterocycles. The van der Waals surface area contributed by atoms with Crippen molar-refractivity contribution in [3.8, 4) is 17.0 Å². The molecule has 3 rings (SSSR count). The first-order valence-electron chi connectivity index (χ1n) is 9.42. The van der Waals surface area contributed by atoms with Crippen LogP contribution in [0.2, 0.25) is 5.02 Å². The summed E-state index contributed by atoms with van der Waals surface area (Å²) in [5.74, 6) is 0.496. The molecule has 0 aliphatic carbocycles. The lowest BCUT2D eigenvalue weighted by atomic mass is 10.1. The molecular weight excluding hydrogens is 390 g/mol. The van der Waals surface area contributed by atoms with Gasteiger partial charge in [-0.3, -0.25) is 9.59 Å². The van der Waals surface area contributed by atoms with E-state index in [9.17, 15) is 9.59 Å². The number of nitrogens with one attached hydrogen (secondary N) is 1. The molecule has 6 nitrogen and oxygen atoms in total. The number of benzene rings is 2. The van der Waals surface area contributed by atoms with Crippen LogP contribution in [0.5, 0.6) is 5.75 Å². The van der Waals surface area contributed by atoms with Crippen LogP contribution in [0.1, 0.15) is 19.8 Å². The zero-order chi connectivity index (χ0) is 20.6. The SMILES string of the molecule is CCOc1ccccc1NC(=O)CCCn1nc(-c2ccc(Cl)cc2)ccc1=O. The van der Waals surface area contributed by atoms with Gasteiger partial charge in [-0.15, -0.1) is 0 Å². The number of nitrogens with zero attached hydrogens (tertiary/aromatic N) is 2. The van der Waals surface area contributed by atoms with Crippen LogP contribution in [-0.2, 0) is 11.3 Å². The number of carbonyl (C=O) groups is 1. The van der Waals surface area contributed by atoms with Gasteiger partial charge in [0.15, 0.2) is 0 Å². The molecule has 0 atom stereocenters. The Kier molecular flexibility index (Phi) is 7.03. The Hall–Kier alpha value is -3.12. The maximum Gasteiger partial charge on any atom is 0.266 e. The predicted molar refractivity (Wildman–Crippen MR) is 114 cm³/mol.